The summed E-state index contributed by atoms with van der Waals surface area (Å²) in [4.78, 5) is 10.3. The second-order valence-electron chi connectivity index (χ2n) is 7.58. The quantitative estimate of drug-likeness (QED) is 0.148. The summed E-state index contributed by atoms with van der Waals surface area (Å²) < 4.78 is 11.2. The van der Waals surface area contributed by atoms with Crippen molar-refractivity contribution in [1.29, 1.82) is 0 Å². The number of halogens is 4. The molecule has 0 heterocycles. The van der Waals surface area contributed by atoms with Crippen molar-refractivity contribution < 1.29 is 14.4 Å². The van der Waals surface area contributed by atoms with Gasteiger partial charge in [-0.2, -0.15) is 0 Å². The van der Waals surface area contributed by atoms with Crippen LogP contribution in [-0.4, -0.2) is 4.92 Å². The summed E-state index contributed by atoms with van der Waals surface area (Å²) in [6.07, 6.45) is 0. The van der Waals surface area contributed by atoms with E-state index in [0.717, 1.165) is 5.56 Å². The van der Waals surface area contributed by atoms with Gasteiger partial charge in [0.2, 0.25) is 0 Å². The van der Waals surface area contributed by atoms with Gasteiger partial charge in [-0.3, -0.25) is 10.1 Å². The van der Waals surface area contributed by atoms with Gasteiger partial charge in [-0.05, 0) is 86.1 Å². The van der Waals surface area contributed by atoms with E-state index in [1.54, 1.807) is 61.5 Å². The Kier molecular flexibility index (Phi) is 9.29. The third-order valence-corrected chi connectivity index (χ3v) is 5.95. The number of anilines is 1. The molecule has 4 aromatic rings. The fourth-order valence-electron chi connectivity index (χ4n) is 2.93. The van der Waals surface area contributed by atoms with Gasteiger partial charge in [0.25, 0.3) is 5.69 Å². The molecular formula is C26H20Cl4N2O4. The predicted octanol–water partition coefficient (Wildman–Crippen LogP) is 9.68. The van der Waals surface area contributed by atoms with Gasteiger partial charge in [0, 0.05) is 27.4 Å². The summed E-state index contributed by atoms with van der Waals surface area (Å²) in [5.74, 6) is 2.19. The molecule has 0 aromatic heterocycles. The van der Waals surface area contributed by atoms with E-state index in [1.807, 2.05) is 13.0 Å². The molecule has 0 amide bonds. The van der Waals surface area contributed by atoms with E-state index < -0.39 is 4.92 Å². The van der Waals surface area contributed by atoms with E-state index in [0.29, 0.717) is 49.3 Å². The summed E-state index contributed by atoms with van der Waals surface area (Å²) >= 11 is 23.6. The summed E-state index contributed by atoms with van der Waals surface area (Å²) in [5.41, 5.74) is 7.78. The van der Waals surface area contributed by atoms with Gasteiger partial charge >= 0.3 is 0 Å². The average molecular weight is 566 g/mol. The molecule has 6 nitrogen and oxygen atoms in total. The lowest BCUT2D eigenvalue weighted by molar-refractivity contribution is -0.385. The van der Waals surface area contributed by atoms with Gasteiger partial charge < -0.3 is 15.2 Å². The first-order valence-electron chi connectivity index (χ1n) is 10.4. The van der Waals surface area contributed by atoms with Crippen molar-refractivity contribution in [2.75, 3.05) is 5.73 Å². The Labute approximate surface area is 228 Å². The Balaban J connectivity index is 0.000000202. The highest BCUT2D eigenvalue weighted by Crippen LogP contribution is 2.35. The van der Waals surface area contributed by atoms with Gasteiger partial charge in [-0.15, -0.1) is 0 Å². The SMILES string of the molecule is Cc1cc(Oc2ccc(Cl)cc2)c(Cl)cc1N.Cc1cc(Oc2ccc(Cl)cc2)c(Cl)cc1[N+](=O)[O-]. The van der Waals surface area contributed by atoms with Gasteiger partial charge in [0.15, 0.2) is 0 Å². The molecule has 4 aromatic carbocycles. The molecule has 10 heteroatoms. The average Bonchev–Trinajstić information content (AvgIpc) is 2.82. The van der Waals surface area contributed by atoms with Crippen molar-refractivity contribution in [2.24, 2.45) is 0 Å². The summed E-state index contributed by atoms with van der Waals surface area (Å²) in [6.45, 7) is 3.53. The second-order valence-corrected chi connectivity index (χ2v) is 9.26. The molecule has 0 spiro atoms. The zero-order valence-corrected chi connectivity index (χ0v) is 22.1. The maximum atomic E-state index is 10.8. The van der Waals surface area contributed by atoms with Crippen molar-refractivity contribution in [1.82, 2.24) is 0 Å². The van der Waals surface area contributed by atoms with Crippen molar-refractivity contribution >= 4 is 57.8 Å². The number of nitrogens with zero attached hydrogens (tertiary/aromatic N) is 1. The molecule has 0 aliphatic heterocycles. The highest BCUT2D eigenvalue weighted by molar-refractivity contribution is 6.33. The fraction of sp³-hybridized carbons (Fsp3) is 0.0769. The minimum atomic E-state index is -0.479. The number of hydrogen-bond acceptors (Lipinski definition) is 5. The molecule has 0 saturated heterocycles. The zero-order chi connectivity index (χ0) is 26.4. The lowest BCUT2D eigenvalue weighted by Gasteiger charge is -2.10. The van der Waals surface area contributed by atoms with E-state index in [-0.39, 0.29) is 10.7 Å². The van der Waals surface area contributed by atoms with Crippen LogP contribution in [0.1, 0.15) is 11.1 Å². The van der Waals surface area contributed by atoms with Gasteiger partial charge in [0.05, 0.1) is 15.0 Å². The van der Waals surface area contributed by atoms with Crippen LogP contribution in [0.2, 0.25) is 20.1 Å². The van der Waals surface area contributed by atoms with Crippen molar-refractivity contribution in [3.05, 3.63) is 114 Å². The molecule has 2 N–H and O–H groups in total. The van der Waals surface area contributed by atoms with Crippen LogP contribution in [0.4, 0.5) is 11.4 Å². The second kappa shape index (κ2) is 12.2. The molecule has 0 radical (unpaired) electrons. The Bertz CT molecular complexity index is 1380. The van der Waals surface area contributed by atoms with E-state index in [9.17, 15) is 10.1 Å². The Morgan fingerprint density at radius 3 is 1.56 bits per heavy atom. The number of hydrogen-bond donors (Lipinski definition) is 1. The highest BCUT2D eigenvalue weighted by atomic mass is 35.5. The van der Waals surface area contributed by atoms with Crippen LogP contribution in [0.15, 0.2) is 72.8 Å². The standard InChI is InChI=1S/C13H9Cl2NO3.C13H11Cl2NO/c1-8-6-13(11(15)7-12(8)16(17)18)19-10-4-2-9(14)3-5-10;1-8-6-13(11(15)7-12(8)16)17-10-4-2-9(14)3-5-10/h2-7H,1H3;2-7H,16H2,1H3. The first-order valence-corrected chi connectivity index (χ1v) is 11.9. The van der Waals surface area contributed by atoms with Crippen LogP contribution in [0.25, 0.3) is 0 Å². The first kappa shape index (κ1) is 27.4. The zero-order valence-electron chi connectivity index (χ0n) is 19.1. The lowest BCUT2D eigenvalue weighted by Crippen LogP contribution is -1.93. The Hall–Kier alpha value is -3.16. The molecule has 0 saturated carbocycles. The number of aryl methyl sites for hydroxylation is 2. The predicted molar refractivity (Wildman–Crippen MR) is 146 cm³/mol. The van der Waals surface area contributed by atoms with Crippen LogP contribution < -0.4 is 15.2 Å². The number of nitro groups is 1. The molecule has 36 heavy (non-hydrogen) atoms. The maximum Gasteiger partial charge on any atom is 0.274 e. The fourth-order valence-corrected chi connectivity index (χ4v) is 3.59. The van der Waals surface area contributed by atoms with Crippen LogP contribution in [0, 0.1) is 24.0 Å². The molecule has 0 unspecified atom stereocenters. The largest absolute Gasteiger partial charge is 0.456 e. The molecule has 0 aliphatic carbocycles. The van der Waals surface area contributed by atoms with Gasteiger partial charge in [-0.1, -0.05) is 46.4 Å². The molecule has 4 rings (SSSR count). The van der Waals surface area contributed by atoms with E-state index in [4.69, 9.17) is 61.6 Å². The molecule has 0 fully saturated rings. The summed E-state index contributed by atoms with van der Waals surface area (Å²) in [6, 6.07) is 20.1. The van der Waals surface area contributed by atoms with Gasteiger partial charge in [0.1, 0.15) is 23.0 Å². The molecule has 186 valence electrons. The number of nitro benzene ring substituents is 1. The molecule has 0 atom stereocenters. The third kappa shape index (κ3) is 7.42. The lowest BCUT2D eigenvalue weighted by atomic mass is 10.2. The van der Waals surface area contributed by atoms with Crippen molar-refractivity contribution in [3.63, 3.8) is 0 Å². The maximum absolute atomic E-state index is 10.8. The number of rotatable bonds is 5. The van der Waals surface area contributed by atoms with Crippen LogP contribution in [-0.2, 0) is 0 Å². The van der Waals surface area contributed by atoms with Crippen molar-refractivity contribution in [3.8, 4) is 23.0 Å². The molecular weight excluding hydrogens is 546 g/mol. The minimum Gasteiger partial charge on any atom is -0.456 e. The number of nitrogen functional groups attached to an aromatic ring is 1. The summed E-state index contributed by atoms with van der Waals surface area (Å²) in [7, 11) is 0. The van der Waals surface area contributed by atoms with Crippen molar-refractivity contribution in [2.45, 2.75) is 13.8 Å². The van der Waals surface area contributed by atoms with E-state index in [1.165, 1.54) is 12.1 Å². The number of ether oxygens (including phenoxy) is 2. The summed E-state index contributed by atoms with van der Waals surface area (Å²) in [5, 5.41) is 12.7. The Morgan fingerprint density at radius 2 is 1.11 bits per heavy atom. The topological polar surface area (TPSA) is 87.6 Å². The first-order chi connectivity index (χ1) is 17.0. The third-order valence-electron chi connectivity index (χ3n) is 4.85. The molecule has 0 aliphatic rings. The normalized spacial score (nSPS) is 10.3. The number of nitrogens with two attached hydrogens (primary N) is 1. The molecule has 0 bridgehead atoms. The van der Waals surface area contributed by atoms with Crippen LogP contribution >= 0.6 is 46.4 Å². The van der Waals surface area contributed by atoms with Crippen LogP contribution in [0.5, 0.6) is 23.0 Å². The van der Waals surface area contributed by atoms with Gasteiger partial charge in [-0.25, -0.2) is 0 Å². The number of benzene rings is 4. The van der Waals surface area contributed by atoms with Crippen LogP contribution in [0.3, 0.4) is 0 Å². The van der Waals surface area contributed by atoms with E-state index in [2.05, 4.69) is 0 Å². The smallest absolute Gasteiger partial charge is 0.274 e. The van der Waals surface area contributed by atoms with E-state index >= 15 is 0 Å². The minimum absolute atomic E-state index is 0.0338. The monoisotopic (exact) mass is 564 g/mol. The highest BCUT2D eigenvalue weighted by Gasteiger charge is 2.15. The Morgan fingerprint density at radius 1 is 0.694 bits per heavy atom.